The third kappa shape index (κ3) is 3.97. The summed E-state index contributed by atoms with van der Waals surface area (Å²) < 4.78 is 14.1. The van der Waals surface area contributed by atoms with Gasteiger partial charge < -0.3 is 9.47 Å². The first kappa shape index (κ1) is 20.2. The van der Waals surface area contributed by atoms with E-state index in [-0.39, 0.29) is 18.0 Å². The number of aromatic nitrogens is 4. The summed E-state index contributed by atoms with van der Waals surface area (Å²) in [5, 5.41) is 10.8. The minimum absolute atomic E-state index is 0.0760. The molecule has 0 radical (unpaired) electrons. The minimum Gasteiger partial charge on any atom is -0.476 e. The summed E-state index contributed by atoms with van der Waals surface area (Å²) in [4.78, 5) is 23.8. The fraction of sp³-hybridized carbons (Fsp3) is 0.476. The number of nitrogens with zero attached hydrogens (tertiary/aromatic N) is 5. The molecule has 158 valence electrons. The molecule has 0 spiro atoms. The molecular formula is C21H25N5O4. The molecule has 0 amide bonds. The van der Waals surface area contributed by atoms with E-state index in [4.69, 9.17) is 9.47 Å². The van der Waals surface area contributed by atoms with Gasteiger partial charge in [0.2, 0.25) is 5.88 Å². The lowest BCUT2D eigenvalue weighted by Gasteiger charge is -2.15. The third-order valence-corrected chi connectivity index (χ3v) is 5.53. The molecule has 3 heterocycles. The number of nitro groups is 1. The third-order valence-electron chi connectivity index (χ3n) is 5.53. The Morgan fingerprint density at radius 1 is 1.30 bits per heavy atom. The van der Waals surface area contributed by atoms with Crippen LogP contribution in [0.25, 0.3) is 11.2 Å². The maximum Gasteiger partial charge on any atom is 0.269 e. The minimum atomic E-state index is -0.408. The van der Waals surface area contributed by atoms with Crippen molar-refractivity contribution in [1.29, 1.82) is 0 Å². The van der Waals surface area contributed by atoms with E-state index in [1.54, 1.807) is 18.5 Å². The van der Waals surface area contributed by atoms with Gasteiger partial charge in [0.05, 0.1) is 24.0 Å². The fourth-order valence-corrected chi connectivity index (χ4v) is 3.89. The molecule has 3 atom stereocenters. The Labute approximate surface area is 174 Å². The molecule has 0 saturated carbocycles. The first-order valence-corrected chi connectivity index (χ1v) is 10.2. The van der Waals surface area contributed by atoms with Gasteiger partial charge in [0.1, 0.15) is 12.1 Å². The van der Waals surface area contributed by atoms with Crippen molar-refractivity contribution in [3.8, 4) is 5.88 Å². The van der Waals surface area contributed by atoms with E-state index in [1.165, 1.54) is 12.1 Å². The van der Waals surface area contributed by atoms with Gasteiger partial charge in [0.15, 0.2) is 11.2 Å². The maximum absolute atomic E-state index is 10.8. The standard InChI is InChI=1S/C21H25N5O4/c1-4-17-13(2)11-18(30-17)25-12-22-19-20(25)23-14(3)24-21(19)29-10-9-15-5-7-16(8-6-15)26(27)28/h5-8,12-13,17-18H,4,9-11H2,1-3H3. The van der Waals surface area contributed by atoms with Gasteiger partial charge >= 0.3 is 0 Å². The van der Waals surface area contributed by atoms with E-state index in [0.717, 1.165) is 18.4 Å². The van der Waals surface area contributed by atoms with Crippen molar-refractivity contribution < 1.29 is 14.4 Å². The number of benzene rings is 1. The van der Waals surface area contributed by atoms with E-state index >= 15 is 0 Å². The highest BCUT2D eigenvalue weighted by molar-refractivity contribution is 5.76. The zero-order chi connectivity index (χ0) is 21.3. The maximum atomic E-state index is 10.8. The van der Waals surface area contributed by atoms with Gasteiger partial charge in [-0.2, -0.15) is 4.98 Å². The Kier molecular flexibility index (Phi) is 5.63. The molecule has 0 aliphatic carbocycles. The van der Waals surface area contributed by atoms with Gasteiger partial charge in [0, 0.05) is 18.6 Å². The number of hydrogen-bond acceptors (Lipinski definition) is 7. The second-order valence-electron chi connectivity index (χ2n) is 7.67. The van der Waals surface area contributed by atoms with Crippen LogP contribution in [0.2, 0.25) is 0 Å². The van der Waals surface area contributed by atoms with Crippen LogP contribution < -0.4 is 4.74 Å². The highest BCUT2D eigenvalue weighted by Crippen LogP contribution is 2.36. The number of non-ortho nitro benzene ring substituents is 1. The zero-order valence-electron chi connectivity index (χ0n) is 17.3. The second kappa shape index (κ2) is 8.35. The Morgan fingerprint density at radius 2 is 2.07 bits per heavy atom. The van der Waals surface area contributed by atoms with E-state index in [0.29, 0.717) is 41.8 Å². The molecule has 1 aliphatic rings. The van der Waals surface area contributed by atoms with Crippen LogP contribution in [-0.2, 0) is 11.2 Å². The molecule has 0 N–H and O–H groups in total. The number of hydrogen-bond donors (Lipinski definition) is 0. The van der Waals surface area contributed by atoms with Crippen LogP contribution in [0.1, 0.15) is 44.3 Å². The van der Waals surface area contributed by atoms with Gasteiger partial charge in [-0.1, -0.05) is 26.0 Å². The Morgan fingerprint density at radius 3 is 2.73 bits per heavy atom. The topological polar surface area (TPSA) is 105 Å². The Balaban J connectivity index is 1.49. The highest BCUT2D eigenvalue weighted by atomic mass is 16.6. The first-order chi connectivity index (χ1) is 14.5. The second-order valence-corrected chi connectivity index (χ2v) is 7.67. The quantitative estimate of drug-likeness (QED) is 0.427. The summed E-state index contributed by atoms with van der Waals surface area (Å²) in [6.07, 6.45) is 4.41. The normalized spacial score (nSPS) is 21.2. The van der Waals surface area contributed by atoms with Crippen molar-refractivity contribution >= 4 is 16.9 Å². The van der Waals surface area contributed by atoms with E-state index in [1.807, 2.05) is 11.5 Å². The van der Waals surface area contributed by atoms with Crippen LogP contribution in [0.5, 0.6) is 5.88 Å². The van der Waals surface area contributed by atoms with Crippen LogP contribution in [0, 0.1) is 23.0 Å². The average molecular weight is 411 g/mol. The van der Waals surface area contributed by atoms with Crippen molar-refractivity contribution in [2.24, 2.45) is 5.92 Å². The van der Waals surface area contributed by atoms with Crippen molar-refractivity contribution in [3.63, 3.8) is 0 Å². The van der Waals surface area contributed by atoms with Crippen molar-refractivity contribution in [2.75, 3.05) is 6.61 Å². The van der Waals surface area contributed by atoms with Crippen LogP contribution >= 0.6 is 0 Å². The monoisotopic (exact) mass is 411 g/mol. The first-order valence-electron chi connectivity index (χ1n) is 10.2. The molecule has 1 saturated heterocycles. The van der Waals surface area contributed by atoms with E-state index in [9.17, 15) is 10.1 Å². The summed E-state index contributed by atoms with van der Waals surface area (Å²) in [6.45, 7) is 6.55. The van der Waals surface area contributed by atoms with Crippen LogP contribution in [-0.4, -0.2) is 37.2 Å². The lowest BCUT2D eigenvalue weighted by molar-refractivity contribution is -0.384. The van der Waals surface area contributed by atoms with Crippen LogP contribution in [0.4, 0.5) is 5.69 Å². The molecule has 1 aliphatic heterocycles. The smallest absolute Gasteiger partial charge is 0.269 e. The van der Waals surface area contributed by atoms with Gasteiger partial charge in [0.25, 0.3) is 5.69 Å². The van der Waals surface area contributed by atoms with Gasteiger partial charge in [-0.15, -0.1) is 0 Å². The Hall–Kier alpha value is -3.07. The van der Waals surface area contributed by atoms with Crippen LogP contribution in [0.3, 0.4) is 0 Å². The van der Waals surface area contributed by atoms with Crippen molar-refractivity contribution in [3.05, 3.63) is 52.1 Å². The number of nitro benzene ring substituents is 1. The number of rotatable bonds is 7. The predicted molar refractivity (Wildman–Crippen MR) is 110 cm³/mol. The van der Waals surface area contributed by atoms with Crippen molar-refractivity contribution in [2.45, 2.75) is 52.4 Å². The molecule has 2 aromatic heterocycles. The largest absolute Gasteiger partial charge is 0.476 e. The Bertz CT molecular complexity index is 1050. The molecular weight excluding hydrogens is 386 g/mol. The summed E-state index contributed by atoms with van der Waals surface area (Å²) in [7, 11) is 0. The average Bonchev–Trinajstić information content (AvgIpc) is 3.31. The predicted octanol–water partition coefficient (Wildman–Crippen LogP) is 4.00. The number of ether oxygens (including phenoxy) is 2. The fourth-order valence-electron chi connectivity index (χ4n) is 3.89. The summed E-state index contributed by atoms with van der Waals surface area (Å²) in [5.74, 6) is 1.53. The molecule has 4 rings (SSSR count). The number of aryl methyl sites for hydroxylation is 1. The number of imidazole rings is 1. The van der Waals surface area contributed by atoms with Gasteiger partial charge in [-0.3, -0.25) is 14.7 Å². The molecule has 1 aromatic carbocycles. The molecule has 9 nitrogen and oxygen atoms in total. The lowest BCUT2D eigenvalue weighted by Crippen LogP contribution is -2.12. The molecule has 9 heteroatoms. The molecule has 3 aromatic rings. The summed E-state index contributed by atoms with van der Waals surface area (Å²) in [6, 6.07) is 6.46. The lowest BCUT2D eigenvalue weighted by atomic mass is 10.0. The molecule has 0 bridgehead atoms. The van der Waals surface area contributed by atoms with Crippen LogP contribution in [0.15, 0.2) is 30.6 Å². The highest BCUT2D eigenvalue weighted by Gasteiger charge is 2.33. The number of fused-ring (bicyclic) bond motifs is 1. The summed E-state index contributed by atoms with van der Waals surface area (Å²) >= 11 is 0. The van der Waals surface area contributed by atoms with Gasteiger partial charge in [-0.25, -0.2) is 9.97 Å². The van der Waals surface area contributed by atoms with E-state index in [2.05, 4.69) is 28.8 Å². The van der Waals surface area contributed by atoms with Crippen molar-refractivity contribution in [1.82, 2.24) is 19.5 Å². The molecule has 1 fully saturated rings. The zero-order valence-corrected chi connectivity index (χ0v) is 17.3. The van der Waals surface area contributed by atoms with Gasteiger partial charge in [-0.05, 0) is 31.2 Å². The SMILES string of the molecule is CCC1OC(n2cnc3c(OCCc4ccc([N+](=O)[O-])cc4)nc(C)nc32)CC1C. The summed E-state index contributed by atoms with van der Waals surface area (Å²) in [5.41, 5.74) is 2.35. The van der Waals surface area contributed by atoms with E-state index < -0.39 is 4.92 Å². The molecule has 30 heavy (non-hydrogen) atoms. The molecule has 3 unspecified atom stereocenters.